The van der Waals surface area contributed by atoms with Crippen LogP contribution in [0.3, 0.4) is 0 Å². The van der Waals surface area contributed by atoms with Crippen molar-refractivity contribution in [2.24, 2.45) is 0 Å². The first-order valence-electron chi connectivity index (χ1n) is 5.21. The quantitative estimate of drug-likeness (QED) is 0.584. The topological polar surface area (TPSA) is 26.0 Å². The van der Waals surface area contributed by atoms with Crippen LogP contribution in [0.2, 0.25) is 0 Å². The molecule has 0 bridgehead atoms. The lowest BCUT2D eigenvalue weighted by Crippen LogP contribution is -1.85. The number of fused-ring (bicyclic) bond motifs is 1. The highest BCUT2D eigenvalue weighted by Crippen LogP contribution is 2.18. The zero-order valence-corrected chi connectivity index (χ0v) is 9.55. The van der Waals surface area contributed by atoms with Crippen LogP contribution in [-0.4, -0.2) is 10.9 Å². The molecule has 2 nitrogen and oxygen atoms in total. The Morgan fingerprint density at radius 2 is 2.20 bits per heavy atom. The summed E-state index contributed by atoms with van der Waals surface area (Å²) in [5.41, 5.74) is 3.04. The van der Waals surface area contributed by atoms with E-state index in [4.69, 9.17) is 16.0 Å². The fourth-order valence-corrected chi connectivity index (χ4v) is 1.75. The van der Waals surface area contributed by atoms with E-state index in [0.717, 1.165) is 36.3 Å². The molecule has 0 spiro atoms. The summed E-state index contributed by atoms with van der Waals surface area (Å²) < 4.78 is 5.62. The van der Waals surface area contributed by atoms with E-state index in [1.54, 1.807) is 0 Å². The first kappa shape index (κ1) is 10.5. The van der Waals surface area contributed by atoms with Crippen molar-refractivity contribution in [3.63, 3.8) is 0 Å². The highest BCUT2D eigenvalue weighted by Gasteiger charge is 2.04. The average molecular weight is 224 g/mol. The number of nitrogens with zero attached hydrogens (tertiary/aromatic N) is 1. The molecule has 2 rings (SSSR count). The lowest BCUT2D eigenvalue weighted by atomic mass is 10.2. The summed E-state index contributed by atoms with van der Waals surface area (Å²) in [6.07, 6.45) is 2.93. The fraction of sp³-hybridized carbons (Fsp3) is 0.417. The molecule has 0 saturated carbocycles. The molecule has 80 valence electrons. The van der Waals surface area contributed by atoms with Gasteiger partial charge in [0.05, 0.1) is 0 Å². The van der Waals surface area contributed by atoms with Crippen molar-refractivity contribution in [3.05, 3.63) is 29.7 Å². The van der Waals surface area contributed by atoms with Crippen molar-refractivity contribution in [2.75, 3.05) is 5.88 Å². The molecule has 0 amide bonds. The summed E-state index contributed by atoms with van der Waals surface area (Å²) in [4.78, 5) is 4.44. The van der Waals surface area contributed by atoms with Crippen LogP contribution in [0.4, 0.5) is 0 Å². The van der Waals surface area contributed by atoms with Crippen LogP contribution in [-0.2, 0) is 6.42 Å². The minimum absolute atomic E-state index is 0.708. The van der Waals surface area contributed by atoms with Gasteiger partial charge in [0.2, 0.25) is 0 Å². The lowest BCUT2D eigenvalue weighted by molar-refractivity contribution is 0.518. The molecule has 0 radical (unpaired) electrons. The van der Waals surface area contributed by atoms with Gasteiger partial charge in [-0.05, 0) is 37.5 Å². The van der Waals surface area contributed by atoms with Gasteiger partial charge < -0.3 is 4.42 Å². The molecule has 0 atom stereocenters. The highest BCUT2D eigenvalue weighted by molar-refractivity contribution is 6.17. The molecule has 0 saturated heterocycles. The number of aryl methyl sites for hydroxylation is 2. The van der Waals surface area contributed by atoms with Gasteiger partial charge in [0.15, 0.2) is 11.5 Å². The highest BCUT2D eigenvalue weighted by atomic mass is 35.5. The summed E-state index contributed by atoms with van der Waals surface area (Å²) >= 11 is 5.62. The van der Waals surface area contributed by atoms with E-state index in [0.29, 0.717) is 5.88 Å². The minimum atomic E-state index is 0.708. The van der Waals surface area contributed by atoms with Gasteiger partial charge in [0.25, 0.3) is 0 Å². The van der Waals surface area contributed by atoms with E-state index in [9.17, 15) is 0 Å². The third-order valence-corrected chi connectivity index (χ3v) is 2.63. The molecule has 0 fully saturated rings. The maximum atomic E-state index is 5.62. The second kappa shape index (κ2) is 4.67. The molecule has 1 heterocycles. The summed E-state index contributed by atoms with van der Waals surface area (Å²) in [5.74, 6) is 1.53. The van der Waals surface area contributed by atoms with Gasteiger partial charge in [0.1, 0.15) is 5.52 Å². The SMILES string of the molecule is Cc1ccc2oc(CCCCCl)nc2c1. The molecule has 0 unspecified atom stereocenters. The predicted octanol–water partition coefficient (Wildman–Crippen LogP) is 3.70. The molecule has 2 aromatic rings. The zero-order valence-electron chi connectivity index (χ0n) is 8.79. The lowest BCUT2D eigenvalue weighted by Gasteiger charge is -1.91. The molecular formula is C12H14ClNO. The Kier molecular flexibility index (Phi) is 3.27. The summed E-state index contributed by atoms with van der Waals surface area (Å²) in [5, 5.41) is 0. The number of oxazole rings is 1. The van der Waals surface area contributed by atoms with Crippen molar-refractivity contribution in [2.45, 2.75) is 26.2 Å². The maximum absolute atomic E-state index is 5.62. The van der Waals surface area contributed by atoms with E-state index in [2.05, 4.69) is 11.9 Å². The van der Waals surface area contributed by atoms with Gasteiger partial charge in [-0.3, -0.25) is 0 Å². The van der Waals surface area contributed by atoms with Crippen molar-refractivity contribution in [1.29, 1.82) is 0 Å². The number of unbranched alkanes of at least 4 members (excludes halogenated alkanes) is 1. The average Bonchev–Trinajstić information content (AvgIpc) is 2.60. The molecular weight excluding hydrogens is 210 g/mol. The smallest absolute Gasteiger partial charge is 0.195 e. The Bertz CT molecular complexity index is 450. The summed E-state index contributed by atoms with van der Waals surface area (Å²) in [7, 11) is 0. The van der Waals surface area contributed by atoms with Gasteiger partial charge in [-0.15, -0.1) is 11.6 Å². The number of benzene rings is 1. The largest absolute Gasteiger partial charge is 0.441 e. The van der Waals surface area contributed by atoms with Crippen molar-refractivity contribution >= 4 is 22.7 Å². The predicted molar refractivity (Wildman–Crippen MR) is 62.4 cm³/mol. The molecule has 3 heteroatoms. The van der Waals surface area contributed by atoms with E-state index < -0.39 is 0 Å². The number of halogens is 1. The van der Waals surface area contributed by atoms with Crippen molar-refractivity contribution in [3.8, 4) is 0 Å². The van der Waals surface area contributed by atoms with Crippen LogP contribution in [0.1, 0.15) is 24.3 Å². The number of rotatable bonds is 4. The third-order valence-electron chi connectivity index (χ3n) is 2.36. The van der Waals surface area contributed by atoms with Gasteiger partial charge in [-0.25, -0.2) is 4.98 Å². The molecule has 15 heavy (non-hydrogen) atoms. The Morgan fingerprint density at radius 1 is 1.33 bits per heavy atom. The number of hydrogen-bond acceptors (Lipinski definition) is 2. The first-order chi connectivity index (χ1) is 7.29. The van der Waals surface area contributed by atoms with Gasteiger partial charge in [0, 0.05) is 12.3 Å². The molecule has 1 aromatic carbocycles. The van der Waals surface area contributed by atoms with Crippen LogP contribution in [0.25, 0.3) is 11.1 Å². The number of aromatic nitrogens is 1. The molecule has 0 N–H and O–H groups in total. The van der Waals surface area contributed by atoms with Crippen molar-refractivity contribution < 1.29 is 4.42 Å². The molecule has 0 aliphatic rings. The van der Waals surface area contributed by atoms with Gasteiger partial charge in [-0.1, -0.05) is 6.07 Å². The fourth-order valence-electron chi connectivity index (χ4n) is 1.56. The van der Waals surface area contributed by atoms with Gasteiger partial charge >= 0.3 is 0 Å². The Morgan fingerprint density at radius 3 is 3.00 bits per heavy atom. The zero-order chi connectivity index (χ0) is 10.7. The Labute approximate surface area is 94.3 Å². The molecule has 1 aromatic heterocycles. The maximum Gasteiger partial charge on any atom is 0.195 e. The van der Waals surface area contributed by atoms with Crippen molar-refractivity contribution in [1.82, 2.24) is 4.98 Å². The van der Waals surface area contributed by atoms with Crippen LogP contribution in [0, 0.1) is 6.92 Å². The second-order valence-electron chi connectivity index (χ2n) is 3.72. The third kappa shape index (κ3) is 2.51. The van der Waals surface area contributed by atoms with Crippen LogP contribution in [0.5, 0.6) is 0 Å². The van der Waals surface area contributed by atoms with Crippen LogP contribution < -0.4 is 0 Å². The normalized spacial score (nSPS) is 11.1. The molecule has 0 aliphatic carbocycles. The Balaban J connectivity index is 2.16. The van der Waals surface area contributed by atoms with Gasteiger partial charge in [-0.2, -0.15) is 0 Å². The standard InChI is InChI=1S/C12H14ClNO/c1-9-5-6-11-10(8-9)14-12(15-11)4-2-3-7-13/h5-6,8H,2-4,7H2,1H3. The second-order valence-corrected chi connectivity index (χ2v) is 4.10. The summed E-state index contributed by atoms with van der Waals surface area (Å²) in [6.45, 7) is 2.06. The monoisotopic (exact) mass is 223 g/mol. The van der Waals surface area contributed by atoms with E-state index in [1.165, 1.54) is 5.56 Å². The van der Waals surface area contributed by atoms with Crippen LogP contribution in [0.15, 0.2) is 22.6 Å². The Hall–Kier alpha value is -1.02. The minimum Gasteiger partial charge on any atom is -0.441 e. The molecule has 0 aliphatic heterocycles. The summed E-state index contributed by atoms with van der Waals surface area (Å²) in [6, 6.07) is 6.06. The van der Waals surface area contributed by atoms with Crippen LogP contribution >= 0.6 is 11.6 Å². The first-order valence-corrected chi connectivity index (χ1v) is 5.75. The van der Waals surface area contributed by atoms with E-state index in [-0.39, 0.29) is 0 Å². The van der Waals surface area contributed by atoms with E-state index in [1.807, 2.05) is 18.2 Å². The van der Waals surface area contributed by atoms with E-state index >= 15 is 0 Å². The number of alkyl halides is 1. The number of hydrogen-bond donors (Lipinski definition) is 0.